The molecule has 1 aromatic carbocycles. The molecule has 0 heterocycles. The van der Waals surface area contributed by atoms with Gasteiger partial charge in [0.05, 0.1) is 12.7 Å². The molecule has 1 heteroatoms. The largest absolute Gasteiger partial charge is 0.378 e. The van der Waals surface area contributed by atoms with E-state index >= 15 is 0 Å². The van der Waals surface area contributed by atoms with Gasteiger partial charge in [-0.3, -0.25) is 0 Å². The van der Waals surface area contributed by atoms with Crippen LogP contribution >= 0.6 is 0 Å². The summed E-state index contributed by atoms with van der Waals surface area (Å²) in [5.74, 6) is 0.517. The van der Waals surface area contributed by atoms with E-state index in [4.69, 9.17) is 4.74 Å². The summed E-state index contributed by atoms with van der Waals surface area (Å²) in [6.07, 6.45) is 7.16. The average Bonchev–Trinajstić information content (AvgIpc) is 2.38. The third-order valence-corrected chi connectivity index (χ3v) is 3.50. The van der Waals surface area contributed by atoms with E-state index in [-0.39, 0.29) is 0 Å². The van der Waals surface area contributed by atoms with Crippen molar-refractivity contribution in [1.29, 1.82) is 0 Å². The third-order valence-electron chi connectivity index (χ3n) is 3.50. The fraction of sp³-hybridized carbons (Fsp3) is 0.600. The summed E-state index contributed by atoms with van der Waals surface area (Å²) < 4.78 is 6.00. The van der Waals surface area contributed by atoms with Gasteiger partial charge in [0.15, 0.2) is 0 Å². The lowest BCUT2D eigenvalue weighted by Gasteiger charge is -2.24. The summed E-state index contributed by atoms with van der Waals surface area (Å²) in [4.78, 5) is 0. The van der Waals surface area contributed by atoms with E-state index in [9.17, 15) is 0 Å². The molecule has 1 aromatic rings. The molecule has 1 saturated carbocycles. The summed E-state index contributed by atoms with van der Waals surface area (Å²) in [6, 6.07) is 10.7. The van der Waals surface area contributed by atoms with Crippen molar-refractivity contribution in [3.63, 3.8) is 0 Å². The van der Waals surface area contributed by atoms with Crippen molar-refractivity contribution < 1.29 is 4.74 Å². The third kappa shape index (κ3) is 3.34. The van der Waals surface area contributed by atoms with Crippen molar-refractivity contribution in [3.05, 3.63) is 35.9 Å². The minimum Gasteiger partial charge on any atom is -0.378 e. The highest BCUT2D eigenvalue weighted by molar-refractivity contribution is 5.18. The minimum absolute atomic E-state index is 0.517. The van der Waals surface area contributed by atoms with Crippen molar-refractivity contribution in [2.24, 2.45) is 0 Å². The number of benzene rings is 1. The quantitative estimate of drug-likeness (QED) is 0.738. The van der Waals surface area contributed by atoms with Crippen LogP contribution in [0.2, 0.25) is 0 Å². The molecule has 0 aromatic heterocycles. The Balaban J connectivity index is 1.77. The Bertz CT molecular complexity index is 288. The molecule has 1 atom stereocenters. The first-order valence-corrected chi connectivity index (χ1v) is 6.53. The van der Waals surface area contributed by atoms with Crippen LogP contribution in [-0.2, 0) is 4.74 Å². The molecule has 0 saturated heterocycles. The van der Waals surface area contributed by atoms with E-state index in [2.05, 4.69) is 37.3 Å². The molecule has 0 bridgehead atoms. The zero-order valence-electron chi connectivity index (χ0n) is 10.2. The maximum absolute atomic E-state index is 6.00. The molecule has 0 radical (unpaired) electrons. The second kappa shape index (κ2) is 6.05. The van der Waals surface area contributed by atoms with Crippen LogP contribution in [-0.4, -0.2) is 12.7 Å². The van der Waals surface area contributed by atoms with Crippen LogP contribution in [0.3, 0.4) is 0 Å². The molecule has 1 aliphatic rings. The Morgan fingerprint density at radius 2 is 1.81 bits per heavy atom. The molecule has 0 amide bonds. The number of ether oxygens (including phenoxy) is 1. The Labute approximate surface area is 98.8 Å². The van der Waals surface area contributed by atoms with Crippen molar-refractivity contribution in [1.82, 2.24) is 0 Å². The van der Waals surface area contributed by atoms with Crippen LogP contribution in [0.5, 0.6) is 0 Å². The minimum atomic E-state index is 0.517. The molecule has 1 aliphatic carbocycles. The van der Waals surface area contributed by atoms with Crippen LogP contribution in [0.25, 0.3) is 0 Å². The molecule has 0 unspecified atom stereocenters. The first kappa shape index (κ1) is 11.7. The molecular formula is C15H22O. The van der Waals surface area contributed by atoms with Gasteiger partial charge in [-0.25, -0.2) is 0 Å². The predicted octanol–water partition coefficient (Wildman–Crippen LogP) is 4.14. The van der Waals surface area contributed by atoms with Crippen LogP contribution in [0.4, 0.5) is 0 Å². The summed E-state index contributed by atoms with van der Waals surface area (Å²) in [7, 11) is 0. The lowest BCUT2D eigenvalue weighted by Crippen LogP contribution is -2.19. The molecule has 2 rings (SSSR count). The van der Waals surface area contributed by atoms with E-state index in [0.717, 1.165) is 6.61 Å². The van der Waals surface area contributed by atoms with Gasteiger partial charge in [0.1, 0.15) is 0 Å². The molecule has 0 aliphatic heterocycles. The van der Waals surface area contributed by atoms with Crippen molar-refractivity contribution >= 4 is 0 Å². The Hall–Kier alpha value is -0.820. The standard InChI is InChI=1S/C15H22O/c1-13(14-8-4-2-5-9-14)12-16-15-10-6-3-7-11-15/h2,4-5,8-9,13,15H,3,6-7,10-12H2,1H3/t13-/m1/s1. The maximum atomic E-state index is 6.00. The van der Waals surface area contributed by atoms with Crippen LogP contribution in [0.1, 0.15) is 50.5 Å². The van der Waals surface area contributed by atoms with E-state index < -0.39 is 0 Å². The molecule has 88 valence electrons. The van der Waals surface area contributed by atoms with Crippen LogP contribution in [0.15, 0.2) is 30.3 Å². The van der Waals surface area contributed by atoms with E-state index in [1.165, 1.54) is 37.7 Å². The Kier molecular flexibility index (Phi) is 4.41. The first-order valence-electron chi connectivity index (χ1n) is 6.53. The van der Waals surface area contributed by atoms with Gasteiger partial charge in [-0.05, 0) is 18.4 Å². The second-order valence-corrected chi connectivity index (χ2v) is 4.91. The van der Waals surface area contributed by atoms with Gasteiger partial charge in [0.2, 0.25) is 0 Å². The van der Waals surface area contributed by atoms with Crippen LogP contribution in [0, 0.1) is 0 Å². The van der Waals surface area contributed by atoms with Gasteiger partial charge < -0.3 is 4.74 Å². The van der Waals surface area contributed by atoms with Gasteiger partial charge in [0.25, 0.3) is 0 Å². The highest BCUT2D eigenvalue weighted by Crippen LogP contribution is 2.22. The number of hydrogen-bond acceptors (Lipinski definition) is 1. The lowest BCUT2D eigenvalue weighted by atomic mass is 9.97. The monoisotopic (exact) mass is 218 g/mol. The summed E-state index contributed by atoms with van der Waals surface area (Å²) in [5, 5.41) is 0. The van der Waals surface area contributed by atoms with Gasteiger partial charge in [-0.15, -0.1) is 0 Å². The van der Waals surface area contributed by atoms with Gasteiger partial charge in [-0.2, -0.15) is 0 Å². The lowest BCUT2D eigenvalue weighted by molar-refractivity contribution is 0.0220. The fourth-order valence-electron chi connectivity index (χ4n) is 2.39. The zero-order chi connectivity index (χ0) is 11.2. The zero-order valence-corrected chi connectivity index (χ0v) is 10.2. The Morgan fingerprint density at radius 3 is 2.50 bits per heavy atom. The van der Waals surface area contributed by atoms with Crippen molar-refractivity contribution in [2.45, 2.75) is 51.0 Å². The van der Waals surface area contributed by atoms with E-state index in [1.807, 2.05) is 0 Å². The van der Waals surface area contributed by atoms with E-state index in [0.29, 0.717) is 12.0 Å². The molecule has 1 nitrogen and oxygen atoms in total. The number of hydrogen-bond donors (Lipinski definition) is 0. The average molecular weight is 218 g/mol. The molecule has 0 spiro atoms. The molecule has 16 heavy (non-hydrogen) atoms. The smallest absolute Gasteiger partial charge is 0.0575 e. The van der Waals surface area contributed by atoms with Crippen molar-refractivity contribution in [2.75, 3.05) is 6.61 Å². The normalized spacial score (nSPS) is 19.6. The fourth-order valence-corrected chi connectivity index (χ4v) is 2.39. The first-order chi connectivity index (χ1) is 7.86. The summed E-state index contributed by atoms with van der Waals surface area (Å²) in [6.45, 7) is 3.12. The summed E-state index contributed by atoms with van der Waals surface area (Å²) in [5.41, 5.74) is 1.39. The Morgan fingerprint density at radius 1 is 1.12 bits per heavy atom. The molecule has 1 fully saturated rings. The molecular weight excluding hydrogens is 196 g/mol. The van der Waals surface area contributed by atoms with Crippen molar-refractivity contribution in [3.8, 4) is 0 Å². The molecule has 0 N–H and O–H groups in total. The highest BCUT2D eigenvalue weighted by atomic mass is 16.5. The summed E-state index contributed by atoms with van der Waals surface area (Å²) >= 11 is 0. The number of rotatable bonds is 4. The van der Waals surface area contributed by atoms with Gasteiger partial charge >= 0.3 is 0 Å². The highest BCUT2D eigenvalue weighted by Gasteiger charge is 2.15. The predicted molar refractivity (Wildman–Crippen MR) is 67.7 cm³/mol. The second-order valence-electron chi connectivity index (χ2n) is 4.91. The van der Waals surface area contributed by atoms with Gasteiger partial charge in [0, 0.05) is 5.92 Å². The maximum Gasteiger partial charge on any atom is 0.0575 e. The topological polar surface area (TPSA) is 9.23 Å². The van der Waals surface area contributed by atoms with Crippen LogP contribution < -0.4 is 0 Å². The SMILES string of the molecule is C[C@H](COC1CCCCC1)c1ccccc1. The van der Waals surface area contributed by atoms with Gasteiger partial charge in [-0.1, -0.05) is 56.5 Å². The van der Waals surface area contributed by atoms with E-state index in [1.54, 1.807) is 0 Å².